The molecular formula is C25H26O5. The maximum atomic E-state index is 11.0. The zero-order chi connectivity index (χ0) is 21.4. The zero-order valence-electron chi connectivity index (χ0n) is 17.3. The summed E-state index contributed by atoms with van der Waals surface area (Å²) in [5.74, 6) is 0.821. The number of aromatic hydroxyl groups is 1. The van der Waals surface area contributed by atoms with Gasteiger partial charge in [0.25, 0.3) is 0 Å². The number of carboxylic acids is 1. The number of allylic oxidation sites excluding steroid dienone is 1. The molecule has 2 N–H and O–H groups in total. The van der Waals surface area contributed by atoms with Crippen LogP contribution >= 0.6 is 0 Å². The summed E-state index contributed by atoms with van der Waals surface area (Å²) in [6, 6.07) is 7.38. The van der Waals surface area contributed by atoms with Crippen LogP contribution in [0.2, 0.25) is 0 Å². The summed E-state index contributed by atoms with van der Waals surface area (Å²) in [5, 5.41) is 19.1. The topological polar surface area (TPSA) is 76.0 Å². The van der Waals surface area contributed by atoms with Crippen LogP contribution < -0.4 is 9.47 Å². The van der Waals surface area contributed by atoms with Gasteiger partial charge in [-0.25, -0.2) is 0 Å². The van der Waals surface area contributed by atoms with Crippen LogP contribution in [0.25, 0.3) is 5.57 Å². The molecule has 0 bridgehead atoms. The van der Waals surface area contributed by atoms with Crippen molar-refractivity contribution in [3.05, 3.63) is 70.3 Å². The van der Waals surface area contributed by atoms with Crippen LogP contribution in [-0.2, 0) is 17.6 Å². The second-order valence-corrected chi connectivity index (χ2v) is 8.12. The van der Waals surface area contributed by atoms with Crippen molar-refractivity contribution in [2.24, 2.45) is 0 Å². The lowest BCUT2D eigenvalue weighted by Crippen LogP contribution is -2.13. The van der Waals surface area contributed by atoms with E-state index in [-0.39, 0.29) is 12.3 Å². The molecule has 5 nitrogen and oxygen atoms in total. The van der Waals surface area contributed by atoms with Gasteiger partial charge in [-0.2, -0.15) is 0 Å². The third-order valence-electron chi connectivity index (χ3n) is 5.87. The van der Waals surface area contributed by atoms with Crippen LogP contribution in [0.15, 0.2) is 42.5 Å². The quantitative estimate of drug-likeness (QED) is 0.647. The van der Waals surface area contributed by atoms with E-state index in [2.05, 4.69) is 13.5 Å². The molecule has 0 radical (unpaired) electrons. The predicted octanol–water partition coefficient (Wildman–Crippen LogP) is 4.79. The van der Waals surface area contributed by atoms with Crippen molar-refractivity contribution >= 4 is 11.5 Å². The number of phenolic OH excluding ortho intramolecular Hbond substituents is 1. The Labute approximate surface area is 176 Å². The summed E-state index contributed by atoms with van der Waals surface area (Å²) in [7, 11) is 0. The molecule has 0 amide bonds. The van der Waals surface area contributed by atoms with Gasteiger partial charge in [-0.3, -0.25) is 4.79 Å². The van der Waals surface area contributed by atoms with Crippen molar-refractivity contribution in [1.82, 2.24) is 0 Å². The summed E-state index contributed by atoms with van der Waals surface area (Å²) < 4.78 is 11.5. The van der Waals surface area contributed by atoms with Gasteiger partial charge in [0.1, 0.15) is 23.9 Å². The van der Waals surface area contributed by atoms with Gasteiger partial charge in [0.15, 0.2) is 0 Å². The monoisotopic (exact) mass is 406 g/mol. The number of ether oxygens (including phenoxy) is 2. The van der Waals surface area contributed by atoms with Crippen molar-refractivity contribution in [3.8, 4) is 17.2 Å². The Morgan fingerprint density at radius 1 is 1.30 bits per heavy atom. The first kappa shape index (κ1) is 20.1. The van der Waals surface area contributed by atoms with Crippen molar-refractivity contribution in [2.45, 2.75) is 39.0 Å². The molecule has 1 heterocycles. The molecule has 2 aliphatic rings. The molecule has 2 aromatic carbocycles. The molecule has 4 rings (SSSR count). The highest BCUT2D eigenvalue weighted by Crippen LogP contribution is 2.40. The first-order chi connectivity index (χ1) is 14.3. The molecule has 156 valence electrons. The first-order valence-corrected chi connectivity index (χ1v) is 10.2. The summed E-state index contributed by atoms with van der Waals surface area (Å²) >= 11 is 0. The van der Waals surface area contributed by atoms with E-state index in [1.54, 1.807) is 0 Å². The number of hydrogen-bond acceptors (Lipinski definition) is 4. The first-order valence-electron chi connectivity index (χ1n) is 10.2. The summed E-state index contributed by atoms with van der Waals surface area (Å²) in [4.78, 5) is 11.0. The van der Waals surface area contributed by atoms with Crippen molar-refractivity contribution in [3.63, 3.8) is 0 Å². The zero-order valence-corrected chi connectivity index (χ0v) is 17.3. The van der Waals surface area contributed by atoms with Crippen LogP contribution in [0, 0.1) is 6.92 Å². The largest absolute Gasteiger partial charge is 0.508 e. The van der Waals surface area contributed by atoms with Crippen molar-refractivity contribution in [1.29, 1.82) is 0 Å². The lowest BCUT2D eigenvalue weighted by atomic mass is 9.79. The molecule has 1 aliphatic carbocycles. The standard InChI is InChI=1S/C25H26O5/c1-14(8-15(2)25-16(3)9-22(26)20-6-7-21(20)25)12-29-18-4-5-19-17(10-24(27)28)13-30-23(19)11-18/h4-5,8-9,11,17,26H,1,6-7,10,12-13H2,2-3H3,(H,27,28). The highest BCUT2D eigenvalue weighted by Gasteiger charge is 2.27. The normalized spacial score (nSPS) is 16.9. The van der Waals surface area contributed by atoms with Crippen LogP contribution in [0.4, 0.5) is 0 Å². The number of rotatable bonds is 7. The minimum absolute atomic E-state index is 0.0639. The van der Waals surface area contributed by atoms with E-state index in [1.807, 2.05) is 37.3 Å². The van der Waals surface area contributed by atoms with E-state index in [1.165, 1.54) is 11.1 Å². The minimum Gasteiger partial charge on any atom is -0.508 e. The molecule has 5 heteroatoms. The number of carbonyl (C=O) groups is 1. The Bertz CT molecular complexity index is 1060. The van der Waals surface area contributed by atoms with Crippen LogP contribution in [-0.4, -0.2) is 29.4 Å². The van der Waals surface area contributed by atoms with Crippen molar-refractivity contribution in [2.75, 3.05) is 13.2 Å². The molecule has 1 unspecified atom stereocenters. The number of aliphatic carboxylic acids is 1. The second-order valence-electron chi connectivity index (χ2n) is 8.12. The maximum Gasteiger partial charge on any atom is 0.304 e. The minimum atomic E-state index is -0.825. The highest BCUT2D eigenvalue weighted by atomic mass is 16.5. The van der Waals surface area contributed by atoms with E-state index in [0.29, 0.717) is 30.5 Å². The Balaban J connectivity index is 1.42. The molecule has 0 aromatic heterocycles. The number of aryl methyl sites for hydroxylation is 1. The Morgan fingerprint density at radius 2 is 2.07 bits per heavy atom. The highest BCUT2D eigenvalue weighted by molar-refractivity contribution is 5.75. The summed E-state index contributed by atoms with van der Waals surface area (Å²) in [5.41, 5.74) is 7.45. The third-order valence-corrected chi connectivity index (χ3v) is 5.87. The molecule has 1 aliphatic heterocycles. The van der Waals surface area contributed by atoms with Gasteiger partial charge in [0.2, 0.25) is 0 Å². The molecule has 0 fully saturated rings. The van der Waals surface area contributed by atoms with E-state index in [9.17, 15) is 9.90 Å². The van der Waals surface area contributed by atoms with Gasteiger partial charge < -0.3 is 19.7 Å². The number of carboxylic acid groups (broad SMARTS) is 1. The third kappa shape index (κ3) is 3.80. The number of benzene rings is 2. The number of hydrogen-bond donors (Lipinski definition) is 2. The fourth-order valence-electron chi connectivity index (χ4n) is 4.41. The van der Waals surface area contributed by atoms with Crippen LogP contribution in [0.5, 0.6) is 17.2 Å². The fourth-order valence-corrected chi connectivity index (χ4v) is 4.41. The number of fused-ring (bicyclic) bond motifs is 2. The van der Waals surface area contributed by atoms with Gasteiger partial charge in [-0.1, -0.05) is 18.7 Å². The Morgan fingerprint density at radius 3 is 2.77 bits per heavy atom. The van der Waals surface area contributed by atoms with Gasteiger partial charge in [-0.05, 0) is 72.2 Å². The van der Waals surface area contributed by atoms with E-state index < -0.39 is 5.97 Å². The molecule has 1 atom stereocenters. The number of phenols is 1. The van der Waals surface area contributed by atoms with E-state index in [0.717, 1.165) is 40.7 Å². The lowest BCUT2D eigenvalue weighted by molar-refractivity contribution is -0.137. The van der Waals surface area contributed by atoms with Gasteiger partial charge in [-0.15, -0.1) is 0 Å². The second kappa shape index (κ2) is 7.90. The Kier molecular flexibility index (Phi) is 5.29. The maximum absolute atomic E-state index is 11.0. The summed E-state index contributed by atoms with van der Waals surface area (Å²) in [6.07, 6.45) is 4.02. The average Bonchev–Trinajstić information content (AvgIpc) is 3.03. The molecule has 30 heavy (non-hydrogen) atoms. The average molecular weight is 406 g/mol. The molecule has 0 saturated heterocycles. The Hall–Kier alpha value is -3.21. The van der Waals surface area contributed by atoms with Crippen LogP contribution in [0.1, 0.15) is 47.1 Å². The van der Waals surface area contributed by atoms with E-state index in [4.69, 9.17) is 14.6 Å². The molecular weight excluding hydrogens is 380 g/mol. The SMILES string of the molecule is C=C(C=C(C)c1c(C)cc(O)c2c1CC2)COc1ccc2c(c1)OCC2CC(=O)O. The molecule has 2 aromatic rings. The lowest BCUT2D eigenvalue weighted by Gasteiger charge is -2.26. The fraction of sp³-hybridized carbons (Fsp3) is 0.320. The van der Waals surface area contributed by atoms with Gasteiger partial charge in [0.05, 0.1) is 13.0 Å². The summed E-state index contributed by atoms with van der Waals surface area (Å²) in [6.45, 7) is 8.93. The van der Waals surface area contributed by atoms with E-state index >= 15 is 0 Å². The van der Waals surface area contributed by atoms with Gasteiger partial charge >= 0.3 is 5.97 Å². The smallest absolute Gasteiger partial charge is 0.304 e. The predicted molar refractivity (Wildman–Crippen MR) is 115 cm³/mol. The van der Waals surface area contributed by atoms with Crippen molar-refractivity contribution < 1.29 is 24.5 Å². The molecule has 0 saturated carbocycles. The van der Waals surface area contributed by atoms with Crippen LogP contribution in [0.3, 0.4) is 0 Å². The molecule has 0 spiro atoms. The van der Waals surface area contributed by atoms with Gasteiger partial charge in [0, 0.05) is 17.5 Å².